The van der Waals surface area contributed by atoms with E-state index < -0.39 is 0 Å². The van der Waals surface area contributed by atoms with E-state index in [0.29, 0.717) is 0 Å². The number of nitrogens with zero attached hydrogens (tertiary/aromatic N) is 1. The fourth-order valence-electron chi connectivity index (χ4n) is 3.88. The van der Waals surface area contributed by atoms with Gasteiger partial charge in [-0.3, -0.25) is 0 Å². The molecule has 2 heteroatoms. The number of rotatable bonds is 0. The smallest absolute Gasteiger partial charge is 0.149 e. The maximum Gasteiger partial charge on any atom is 0.268 e. The van der Waals surface area contributed by atoms with Crippen LogP contribution >= 0.6 is 11.3 Å². The number of fused-ring (bicyclic) bond motifs is 6. The van der Waals surface area contributed by atoms with Crippen LogP contribution in [0.1, 0.15) is 0 Å². The number of para-hydroxylation sites is 1. The van der Waals surface area contributed by atoms with Crippen LogP contribution in [-0.4, -0.2) is 0 Å². The van der Waals surface area contributed by atoms with E-state index in [1.807, 2.05) is 11.3 Å². The average molecular weight is 310 g/mol. The fraction of sp³-hybridized carbons (Fsp3) is 0. The van der Waals surface area contributed by atoms with Crippen LogP contribution in [0.4, 0.5) is 0 Å². The minimum atomic E-state index is 1.29. The van der Waals surface area contributed by atoms with Crippen LogP contribution in [0.5, 0.6) is 0 Å². The Balaban J connectivity index is 1.83. The average Bonchev–Trinajstić information content (AvgIpc) is 3.11. The van der Waals surface area contributed by atoms with E-state index in [1.165, 1.54) is 48.1 Å². The first-order valence-corrected chi connectivity index (χ1v) is 8.61. The van der Waals surface area contributed by atoms with Gasteiger partial charge in [-0.2, -0.15) is 0 Å². The molecular weight excluding hydrogens is 298 g/mol. The van der Waals surface area contributed by atoms with Crippen LogP contribution in [0.25, 0.3) is 48.1 Å². The van der Waals surface area contributed by atoms with Crippen molar-refractivity contribution in [3.05, 3.63) is 72.9 Å². The summed E-state index contributed by atoms with van der Waals surface area (Å²) >= 11 is 1.86. The number of thiazole rings is 1. The molecule has 0 atom stereocenters. The summed E-state index contributed by atoms with van der Waals surface area (Å²) in [5.74, 6) is 0. The predicted molar refractivity (Wildman–Crippen MR) is 96.9 cm³/mol. The van der Waals surface area contributed by atoms with E-state index >= 15 is 0 Å². The zero-order valence-electron chi connectivity index (χ0n) is 12.3. The molecule has 0 fully saturated rings. The lowest BCUT2D eigenvalue weighted by Gasteiger charge is -2.00. The highest BCUT2D eigenvalue weighted by atomic mass is 32.1. The molecule has 1 aliphatic carbocycles. The SMILES string of the molecule is c1cc2c3c(cccc3c1)-c1c[n+]3c(cc1-2)sc1ccccc13. The summed E-state index contributed by atoms with van der Waals surface area (Å²) in [6.07, 6.45) is 2.32. The highest BCUT2D eigenvalue weighted by Gasteiger charge is 2.26. The Labute approximate surface area is 137 Å². The first-order valence-electron chi connectivity index (χ1n) is 7.80. The number of aromatic nitrogens is 1. The van der Waals surface area contributed by atoms with Crippen molar-refractivity contribution in [3.63, 3.8) is 0 Å². The van der Waals surface area contributed by atoms with Gasteiger partial charge in [0.25, 0.3) is 4.83 Å². The van der Waals surface area contributed by atoms with E-state index in [2.05, 4.69) is 77.3 Å². The van der Waals surface area contributed by atoms with Gasteiger partial charge < -0.3 is 0 Å². The van der Waals surface area contributed by atoms with E-state index in [1.54, 1.807) is 0 Å². The van der Waals surface area contributed by atoms with Crippen molar-refractivity contribution in [3.8, 4) is 22.3 Å². The molecule has 2 heterocycles. The van der Waals surface area contributed by atoms with Crippen molar-refractivity contribution in [2.24, 2.45) is 0 Å². The first-order chi connectivity index (χ1) is 11.4. The van der Waals surface area contributed by atoms with Gasteiger partial charge in [0.05, 0.1) is 5.56 Å². The highest BCUT2D eigenvalue weighted by molar-refractivity contribution is 7.23. The zero-order valence-corrected chi connectivity index (χ0v) is 13.1. The maximum atomic E-state index is 2.36. The molecular formula is C21H12NS+. The molecule has 5 aromatic rings. The Morgan fingerprint density at radius 1 is 0.696 bits per heavy atom. The number of pyridine rings is 1. The topological polar surface area (TPSA) is 4.10 Å². The van der Waals surface area contributed by atoms with Crippen LogP contribution in [0.2, 0.25) is 0 Å². The molecule has 0 N–H and O–H groups in total. The van der Waals surface area contributed by atoms with Crippen molar-refractivity contribution in [2.45, 2.75) is 0 Å². The first kappa shape index (κ1) is 11.8. The molecule has 1 aliphatic rings. The quantitative estimate of drug-likeness (QED) is 0.329. The second-order valence-corrected chi connectivity index (χ2v) is 7.15. The Morgan fingerprint density at radius 3 is 2.35 bits per heavy atom. The summed E-state index contributed by atoms with van der Waals surface area (Å²) in [5, 5.41) is 2.72. The van der Waals surface area contributed by atoms with E-state index in [-0.39, 0.29) is 0 Å². The maximum absolute atomic E-state index is 2.36. The third-order valence-corrected chi connectivity index (χ3v) is 5.97. The van der Waals surface area contributed by atoms with Gasteiger partial charge in [0.2, 0.25) is 5.52 Å². The molecule has 6 rings (SSSR count). The van der Waals surface area contributed by atoms with E-state index in [9.17, 15) is 0 Å². The molecule has 3 aromatic carbocycles. The van der Waals surface area contributed by atoms with Crippen molar-refractivity contribution in [1.82, 2.24) is 0 Å². The van der Waals surface area contributed by atoms with Gasteiger partial charge in [-0.1, -0.05) is 59.9 Å². The molecule has 0 spiro atoms. The third kappa shape index (κ3) is 1.40. The van der Waals surface area contributed by atoms with Crippen molar-refractivity contribution in [1.29, 1.82) is 0 Å². The molecule has 0 saturated carbocycles. The molecule has 0 unspecified atom stereocenters. The van der Waals surface area contributed by atoms with Gasteiger partial charge in [0, 0.05) is 17.7 Å². The summed E-state index contributed by atoms with van der Waals surface area (Å²) < 4.78 is 3.67. The molecule has 106 valence electrons. The molecule has 0 radical (unpaired) electrons. The Bertz CT molecular complexity index is 1260. The molecule has 0 bridgehead atoms. The summed E-state index contributed by atoms with van der Waals surface area (Å²) in [7, 11) is 0. The minimum absolute atomic E-state index is 1.29. The lowest BCUT2D eigenvalue weighted by atomic mass is 10.0. The molecule has 1 nitrogen and oxygen atoms in total. The molecule has 0 aliphatic heterocycles. The van der Waals surface area contributed by atoms with E-state index in [4.69, 9.17) is 0 Å². The van der Waals surface area contributed by atoms with Gasteiger partial charge >= 0.3 is 0 Å². The van der Waals surface area contributed by atoms with Gasteiger partial charge in [0.15, 0.2) is 6.20 Å². The Hall–Kier alpha value is -2.71. The van der Waals surface area contributed by atoms with Crippen molar-refractivity contribution in [2.75, 3.05) is 0 Å². The standard InChI is InChI=1S/C21H12NS/c1-2-10-19-18(9-1)22-12-17-15-8-4-6-13-5-3-7-14(21(13)15)16(17)11-20(22)23-19/h1-12H/q+1. The number of benzene rings is 3. The number of hydrogen-bond acceptors (Lipinski definition) is 1. The molecule has 23 heavy (non-hydrogen) atoms. The van der Waals surface area contributed by atoms with Crippen LogP contribution < -0.4 is 4.40 Å². The van der Waals surface area contributed by atoms with Gasteiger partial charge in [-0.15, -0.1) is 4.40 Å². The minimum Gasteiger partial charge on any atom is -0.149 e. The van der Waals surface area contributed by atoms with Crippen molar-refractivity contribution < 1.29 is 4.40 Å². The predicted octanol–water partition coefficient (Wildman–Crippen LogP) is 5.44. The molecule has 0 saturated heterocycles. The summed E-state index contributed by atoms with van der Waals surface area (Å²) in [5.41, 5.74) is 6.73. The van der Waals surface area contributed by atoms with Gasteiger partial charge in [-0.05, 0) is 28.0 Å². The largest absolute Gasteiger partial charge is 0.268 e. The van der Waals surface area contributed by atoms with Crippen LogP contribution in [0.3, 0.4) is 0 Å². The normalized spacial score (nSPS) is 12.3. The molecule has 0 amide bonds. The van der Waals surface area contributed by atoms with Crippen LogP contribution in [0, 0.1) is 0 Å². The monoisotopic (exact) mass is 310 g/mol. The van der Waals surface area contributed by atoms with Gasteiger partial charge in [-0.25, -0.2) is 0 Å². The Morgan fingerprint density at radius 2 is 1.48 bits per heavy atom. The van der Waals surface area contributed by atoms with Gasteiger partial charge in [0.1, 0.15) is 4.70 Å². The van der Waals surface area contributed by atoms with Crippen LogP contribution in [0.15, 0.2) is 72.9 Å². The second-order valence-electron chi connectivity index (χ2n) is 6.09. The lowest BCUT2D eigenvalue weighted by molar-refractivity contribution is -0.476. The Kier molecular flexibility index (Phi) is 2.04. The van der Waals surface area contributed by atoms with Crippen LogP contribution in [-0.2, 0) is 0 Å². The fourth-order valence-corrected chi connectivity index (χ4v) is 4.95. The van der Waals surface area contributed by atoms with E-state index in [0.717, 1.165) is 0 Å². The summed E-state index contributed by atoms with van der Waals surface area (Å²) in [6.45, 7) is 0. The lowest BCUT2D eigenvalue weighted by Crippen LogP contribution is -2.18. The summed E-state index contributed by atoms with van der Waals surface area (Å²) in [6, 6.07) is 24.2. The second kappa shape index (κ2) is 3.98. The van der Waals surface area contributed by atoms with Crippen molar-refractivity contribution >= 4 is 37.2 Å². The highest BCUT2D eigenvalue weighted by Crippen LogP contribution is 2.47. The zero-order chi connectivity index (χ0) is 15.0. The number of hydrogen-bond donors (Lipinski definition) is 0. The summed E-state index contributed by atoms with van der Waals surface area (Å²) in [4.78, 5) is 1.30. The third-order valence-electron chi connectivity index (χ3n) is 4.88. The molecule has 2 aromatic heterocycles.